The van der Waals surface area contributed by atoms with Gasteiger partial charge in [-0.2, -0.15) is 0 Å². The fourth-order valence-corrected chi connectivity index (χ4v) is 14.2. The molecule has 10 rings (SSSR count). The summed E-state index contributed by atoms with van der Waals surface area (Å²) >= 11 is 0. The zero-order chi connectivity index (χ0) is 32.0. The van der Waals surface area contributed by atoms with Crippen LogP contribution in [-0.4, -0.2) is 8.07 Å². The van der Waals surface area contributed by atoms with E-state index in [1.54, 1.807) is 0 Å². The maximum atomic E-state index is 6.69. The number of para-hydroxylation sites is 3. The Labute approximate surface area is 282 Å². The molecule has 0 aliphatic carbocycles. The quantitative estimate of drug-likeness (QED) is 0.177. The minimum atomic E-state index is -2.63. The first-order valence-electron chi connectivity index (χ1n) is 16.8. The lowest BCUT2D eigenvalue weighted by Gasteiger charge is -2.42. The van der Waals surface area contributed by atoms with Crippen molar-refractivity contribution in [2.45, 2.75) is 19.3 Å². The third kappa shape index (κ3) is 3.57. The zero-order valence-corrected chi connectivity index (χ0v) is 27.9. The number of benzene rings is 7. The first kappa shape index (κ1) is 27.5. The van der Waals surface area contributed by atoms with Crippen LogP contribution in [0.1, 0.15) is 25.0 Å². The van der Waals surface area contributed by atoms with Crippen molar-refractivity contribution >= 4 is 45.9 Å². The van der Waals surface area contributed by atoms with Gasteiger partial charge in [0.2, 0.25) is 0 Å². The molecule has 3 heteroatoms. The predicted octanol–water partition coefficient (Wildman–Crippen LogP) is 8.93. The van der Waals surface area contributed by atoms with Crippen LogP contribution in [0.5, 0.6) is 11.5 Å². The molecule has 0 bridgehead atoms. The van der Waals surface area contributed by atoms with Crippen LogP contribution in [0.2, 0.25) is 0 Å². The molecule has 0 unspecified atom stereocenters. The topological polar surface area (TPSA) is 12.5 Å². The molecular weight excluding hydrogens is 599 g/mol. The summed E-state index contributed by atoms with van der Waals surface area (Å²) in [6.07, 6.45) is 0. The average Bonchev–Trinajstić information content (AvgIpc) is 3.43. The number of hydrogen-bond acceptors (Lipinski definition) is 2. The molecule has 7 aromatic carbocycles. The van der Waals surface area contributed by atoms with Crippen LogP contribution in [0.15, 0.2) is 164 Å². The molecule has 0 N–H and O–H groups in total. The molecule has 0 atom stereocenters. The van der Waals surface area contributed by atoms with Gasteiger partial charge in [-0.05, 0) is 90.5 Å². The van der Waals surface area contributed by atoms with Crippen molar-refractivity contribution in [1.29, 1.82) is 0 Å². The normalized spacial score (nSPS) is 15.3. The smallest absolute Gasteiger partial charge is 0.189 e. The minimum absolute atomic E-state index is 0.0786. The van der Waals surface area contributed by atoms with Gasteiger partial charge in [0.05, 0.1) is 11.4 Å². The molecule has 228 valence electrons. The summed E-state index contributed by atoms with van der Waals surface area (Å²) in [5.74, 6) is 1.95. The summed E-state index contributed by atoms with van der Waals surface area (Å²) in [4.78, 5) is 2.42. The molecule has 0 saturated carbocycles. The van der Waals surface area contributed by atoms with Crippen molar-refractivity contribution in [3.8, 4) is 33.8 Å². The van der Waals surface area contributed by atoms with E-state index in [-0.39, 0.29) is 5.41 Å². The number of ether oxygens (including phenoxy) is 1. The van der Waals surface area contributed by atoms with E-state index in [1.165, 1.54) is 65.5 Å². The van der Waals surface area contributed by atoms with Crippen molar-refractivity contribution in [2.24, 2.45) is 0 Å². The van der Waals surface area contributed by atoms with Gasteiger partial charge in [0.15, 0.2) is 8.07 Å². The van der Waals surface area contributed by atoms with E-state index in [0.717, 1.165) is 17.2 Å². The SMILES string of the molecule is CC1(C)c2ccccc2N(c2ccc(-c3ccc4c(c3)[Si]3(c5ccccc5O4)c4ccccc4-c4ccccc43)cc2)c2ccccc21. The van der Waals surface area contributed by atoms with E-state index < -0.39 is 8.07 Å². The Kier molecular flexibility index (Phi) is 5.68. The molecule has 1 spiro atoms. The molecule has 3 aliphatic rings. The van der Waals surface area contributed by atoms with Crippen LogP contribution in [0.4, 0.5) is 17.1 Å². The Balaban J connectivity index is 1.13. The number of hydrogen-bond donors (Lipinski definition) is 0. The van der Waals surface area contributed by atoms with E-state index in [0.29, 0.717) is 0 Å². The molecule has 0 aromatic heterocycles. The lowest BCUT2D eigenvalue weighted by atomic mass is 9.73. The highest BCUT2D eigenvalue weighted by molar-refractivity contribution is 7.23. The number of nitrogens with zero attached hydrogens (tertiary/aromatic N) is 1. The molecule has 3 heterocycles. The fourth-order valence-electron chi connectivity index (χ4n) is 8.79. The molecule has 3 aliphatic heterocycles. The third-order valence-corrected chi connectivity index (χ3v) is 15.9. The molecule has 48 heavy (non-hydrogen) atoms. The van der Waals surface area contributed by atoms with Crippen molar-refractivity contribution in [3.05, 3.63) is 175 Å². The first-order chi connectivity index (χ1) is 23.6. The van der Waals surface area contributed by atoms with Gasteiger partial charge in [-0.1, -0.05) is 141 Å². The van der Waals surface area contributed by atoms with Crippen LogP contribution in [0.3, 0.4) is 0 Å². The number of anilines is 3. The highest BCUT2D eigenvalue weighted by atomic mass is 28.3. The largest absolute Gasteiger partial charge is 0.458 e. The van der Waals surface area contributed by atoms with Crippen molar-refractivity contribution in [2.75, 3.05) is 4.90 Å². The highest BCUT2D eigenvalue weighted by Crippen LogP contribution is 2.51. The predicted molar refractivity (Wildman–Crippen MR) is 201 cm³/mol. The van der Waals surface area contributed by atoms with Crippen molar-refractivity contribution in [3.63, 3.8) is 0 Å². The first-order valence-corrected chi connectivity index (χ1v) is 18.8. The van der Waals surface area contributed by atoms with Crippen molar-refractivity contribution < 1.29 is 4.74 Å². The number of rotatable bonds is 2. The van der Waals surface area contributed by atoms with Gasteiger partial charge in [-0.25, -0.2) is 0 Å². The molecule has 0 fully saturated rings. The summed E-state index contributed by atoms with van der Waals surface area (Å²) in [6, 6.07) is 60.5. The van der Waals surface area contributed by atoms with Crippen molar-refractivity contribution in [1.82, 2.24) is 0 Å². The van der Waals surface area contributed by atoms with Gasteiger partial charge in [-0.15, -0.1) is 0 Å². The standard InChI is InChI=1S/C45H33NOSi/c1-45(2)35-15-5-7-17-37(35)46(38-18-8-6-16-36(38)45)32-26-23-30(24-27-32)31-25-28-40-44(29-31)48(43-22-12-9-19-39(43)47-40)41-20-10-3-13-33(41)34-14-4-11-21-42(34)48/h3-29H,1-2H3. The lowest BCUT2D eigenvalue weighted by molar-refractivity contribution is 0.487. The Bertz CT molecular complexity index is 2330. The Morgan fingerprint density at radius 1 is 0.458 bits per heavy atom. The molecule has 2 nitrogen and oxygen atoms in total. The summed E-state index contributed by atoms with van der Waals surface area (Å²) in [6.45, 7) is 4.67. The second-order valence-electron chi connectivity index (χ2n) is 13.7. The molecule has 0 radical (unpaired) electrons. The maximum Gasteiger partial charge on any atom is 0.189 e. The maximum absolute atomic E-state index is 6.69. The monoisotopic (exact) mass is 631 g/mol. The second-order valence-corrected chi connectivity index (χ2v) is 17.3. The zero-order valence-electron chi connectivity index (χ0n) is 26.9. The number of fused-ring (bicyclic) bond motifs is 11. The lowest BCUT2D eigenvalue weighted by Crippen LogP contribution is -2.74. The van der Waals surface area contributed by atoms with Crippen LogP contribution >= 0.6 is 0 Å². The van der Waals surface area contributed by atoms with Gasteiger partial charge in [0.1, 0.15) is 11.5 Å². The van der Waals surface area contributed by atoms with E-state index >= 15 is 0 Å². The summed E-state index contributed by atoms with van der Waals surface area (Å²) in [5.41, 5.74) is 11.4. The molecule has 0 saturated heterocycles. The van der Waals surface area contributed by atoms with Gasteiger partial charge >= 0.3 is 0 Å². The minimum Gasteiger partial charge on any atom is -0.458 e. The Hall–Kier alpha value is -5.64. The van der Waals surface area contributed by atoms with Crippen LogP contribution in [0.25, 0.3) is 22.3 Å². The van der Waals surface area contributed by atoms with E-state index in [4.69, 9.17) is 4.74 Å². The second kappa shape index (κ2) is 9.93. The molecule has 0 amide bonds. The van der Waals surface area contributed by atoms with Gasteiger partial charge in [0.25, 0.3) is 0 Å². The van der Waals surface area contributed by atoms with E-state index in [9.17, 15) is 0 Å². The van der Waals surface area contributed by atoms with Crippen LogP contribution < -0.4 is 30.4 Å². The third-order valence-electron chi connectivity index (χ3n) is 10.9. The highest BCUT2D eigenvalue weighted by Gasteiger charge is 2.53. The average molecular weight is 632 g/mol. The summed E-state index contributed by atoms with van der Waals surface area (Å²) < 4.78 is 6.69. The van der Waals surface area contributed by atoms with Gasteiger partial charge in [0, 0.05) is 11.1 Å². The molecular formula is C45H33NOSi. The van der Waals surface area contributed by atoms with Gasteiger partial charge in [-0.3, -0.25) is 0 Å². The molecule has 7 aromatic rings. The van der Waals surface area contributed by atoms with Gasteiger partial charge < -0.3 is 9.64 Å². The summed E-state index contributed by atoms with van der Waals surface area (Å²) in [5, 5.41) is 5.54. The fraction of sp³-hybridized carbons (Fsp3) is 0.0667. The van der Waals surface area contributed by atoms with E-state index in [2.05, 4.69) is 183 Å². The Morgan fingerprint density at radius 3 is 1.60 bits per heavy atom. The van der Waals surface area contributed by atoms with E-state index in [1.807, 2.05) is 0 Å². The van der Waals surface area contributed by atoms with Crippen LogP contribution in [-0.2, 0) is 5.41 Å². The summed E-state index contributed by atoms with van der Waals surface area (Å²) in [7, 11) is -2.63. The van der Waals surface area contributed by atoms with Crippen LogP contribution in [0, 0.1) is 0 Å². The Morgan fingerprint density at radius 2 is 0.958 bits per heavy atom.